The molecule has 1 atom stereocenters. The van der Waals surface area contributed by atoms with Crippen molar-refractivity contribution in [2.24, 2.45) is 0 Å². The van der Waals surface area contributed by atoms with Crippen LogP contribution in [-0.4, -0.2) is 37.9 Å². The van der Waals surface area contributed by atoms with Crippen LogP contribution in [0.4, 0.5) is 0 Å². The maximum Gasteiger partial charge on any atom is 0.305 e. The van der Waals surface area contributed by atoms with Crippen molar-refractivity contribution < 1.29 is 23.8 Å². The molecule has 0 fully saturated rings. The summed E-state index contributed by atoms with van der Waals surface area (Å²) in [7, 11) is 0. The zero-order valence-electron chi connectivity index (χ0n) is 46.1. The van der Waals surface area contributed by atoms with Gasteiger partial charge in [-0.2, -0.15) is 0 Å². The number of hydrogen-bond donors (Lipinski definition) is 0. The summed E-state index contributed by atoms with van der Waals surface area (Å²) in [6.45, 7) is 7.75. The lowest BCUT2D eigenvalue weighted by Crippen LogP contribution is -2.29. The number of rotatable bonds is 57. The van der Waals surface area contributed by atoms with Crippen molar-refractivity contribution in [2.45, 2.75) is 335 Å². The van der Waals surface area contributed by atoms with E-state index in [9.17, 15) is 9.59 Å². The molecule has 0 aliphatic rings. The van der Waals surface area contributed by atoms with Crippen molar-refractivity contribution in [2.75, 3.05) is 19.8 Å². The molecule has 0 heterocycles. The third-order valence-corrected chi connectivity index (χ3v) is 13.7. The molecule has 68 heavy (non-hydrogen) atoms. The Morgan fingerprint density at radius 1 is 0.309 bits per heavy atom. The fourth-order valence-electron chi connectivity index (χ4n) is 9.08. The van der Waals surface area contributed by atoms with Crippen molar-refractivity contribution in [3.8, 4) is 0 Å². The van der Waals surface area contributed by atoms with Crippen LogP contribution >= 0.6 is 0 Å². The van der Waals surface area contributed by atoms with Crippen molar-refractivity contribution in [3.05, 3.63) is 36.5 Å². The summed E-state index contributed by atoms with van der Waals surface area (Å²) in [6.07, 6.45) is 73.4. The molecule has 0 aromatic heterocycles. The first-order valence-electron chi connectivity index (χ1n) is 30.5. The fourth-order valence-corrected chi connectivity index (χ4v) is 9.08. The van der Waals surface area contributed by atoms with E-state index < -0.39 is 6.10 Å². The van der Waals surface area contributed by atoms with E-state index in [0.29, 0.717) is 19.4 Å². The number of carbonyl (C=O) groups excluding carboxylic acids is 2. The zero-order chi connectivity index (χ0) is 49.2. The van der Waals surface area contributed by atoms with Crippen LogP contribution in [0.1, 0.15) is 329 Å². The molecule has 0 rings (SSSR count). The lowest BCUT2D eigenvalue weighted by atomic mass is 10.0. The predicted octanol–water partition coefficient (Wildman–Crippen LogP) is 20.9. The van der Waals surface area contributed by atoms with E-state index in [1.165, 1.54) is 225 Å². The van der Waals surface area contributed by atoms with Crippen molar-refractivity contribution in [3.63, 3.8) is 0 Å². The molecular weight excluding hydrogens is 837 g/mol. The summed E-state index contributed by atoms with van der Waals surface area (Å²) >= 11 is 0. The van der Waals surface area contributed by atoms with Gasteiger partial charge >= 0.3 is 11.9 Å². The van der Waals surface area contributed by atoms with Gasteiger partial charge < -0.3 is 14.2 Å². The fraction of sp³-hybridized carbons (Fsp3) is 0.873. The second kappa shape index (κ2) is 59.4. The number of ether oxygens (including phenoxy) is 3. The Hall–Kier alpha value is -1.88. The maximum atomic E-state index is 12.7. The minimum atomic E-state index is -0.405. The highest BCUT2D eigenvalue weighted by molar-refractivity contribution is 5.69. The molecule has 0 saturated heterocycles. The molecule has 0 radical (unpaired) electrons. The van der Waals surface area contributed by atoms with Crippen LogP contribution in [0.3, 0.4) is 0 Å². The number of carbonyl (C=O) groups is 2. The molecule has 0 spiro atoms. The monoisotopic (exact) mass is 955 g/mol. The topological polar surface area (TPSA) is 61.8 Å². The Kier molecular flexibility index (Phi) is 57.8. The van der Waals surface area contributed by atoms with E-state index in [2.05, 4.69) is 57.2 Å². The molecule has 400 valence electrons. The lowest BCUT2D eigenvalue weighted by molar-refractivity contribution is -0.155. The van der Waals surface area contributed by atoms with Gasteiger partial charge in [0.15, 0.2) is 0 Å². The summed E-state index contributed by atoms with van der Waals surface area (Å²) in [5, 5.41) is 0. The molecule has 0 bridgehead atoms. The Balaban J connectivity index is 4.24. The van der Waals surface area contributed by atoms with Crippen LogP contribution < -0.4 is 0 Å². The SMILES string of the molecule is CCCCC/C=C\C/C=C\C/C=C\CCCCCCC(=O)OC[C@H](COC(=O)CCCCCCCCCCCCCCCCCCCCC)OCCCCCCCCCCCCCCCCCC. The molecule has 5 heteroatoms. The summed E-state index contributed by atoms with van der Waals surface area (Å²) in [5.74, 6) is -0.338. The van der Waals surface area contributed by atoms with Gasteiger partial charge in [0.25, 0.3) is 0 Å². The summed E-state index contributed by atoms with van der Waals surface area (Å²) in [4.78, 5) is 25.4. The van der Waals surface area contributed by atoms with Gasteiger partial charge in [0.2, 0.25) is 0 Å². The molecular formula is C63H118O5. The molecule has 0 N–H and O–H groups in total. The number of hydrogen-bond acceptors (Lipinski definition) is 5. The van der Waals surface area contributed by atoms with Crippen molar-refractivity contribution >= 4 is 11.9 Å². The second-order valence-electron chi connectivity index (χ2n) is 20.6. The Morgan fingerprint density at radius 2 is 0.559 bits per heavy atom. The van der Waals surface area contributed by atoms with Gasteiger partial charge in [-0.15, -0.1) is 0 Å². The van der Waals surface area contributed by atoms with Crippen molar-refractivity contribution in [1.29, 1.82) is 0 Å². The molecule has 0 unspecified atom stereocenters. The van der Waals surface area contributed by atoms with Gasteiger partial charge in [0.1, 0.15) is 19.3 Å². The van der Waals surface area contributed by atoms with Crippen LogP contribution in [-0.2, 0) is 23.8 Å². The van der Waals surface area contributed by atoms with E-state index in [4.69, 9.17) is 14.2 Å². The van der Waals surface area contributed by atoms with Gasteiger partial charge in [-0.05, 0) is 57.8 Å². The minimum absolute atomic E-state index is 0.151. The maximum absolute atomic E-state index is 12.7. The number of esters is 2. The molecule has 0 aliphatic carbocycles. The van der Waals surface area contributed by atoms with Crippen LogP contribution in [0.5, 0.6) is 0 Å². The highest BCUT2D eigenvalue weighted by Crippen LogP contribution is 2.17. The van der Waals surface area contributed by atoms with Gasteiger partial charge in [0.05, 0.1) is 0 Å². The minimum Gasteiger partial charge on any atom is -0.463 e. The van der Waals surface area contributed by atoms with Crippen LogP contribution in [0.2, 0.25) is 0 Å². The zero-order valence-corrected chi connectivity index (χ0v) is 46.1. The highest BCUT2D eigenvalue weighted by Gasteiger charge is 2.16. The molecule has 0 aliphatic heterocycles. The molecule has 5 nitrogen and oxygen atoms in total. The third kappa shape index (κ3) is 56.7. The van der Waals surface area contributed by atoms with Crippen LogP contribution in [0.25, 0.3) is 0 Å². The van der Waals surface area contributed by atoms with Gasteiger partial charge in [-0.3, -0.25) is 9.59 Å². The first-order valence-corrected chi connectivity index (χ1v) is 30.5. The average Bonchev–Trinajstić information content (AvgIpc) is 3.34. The first kappa shape index (κ1) is 66.1. The summed E-state index contributed by atoms with van der Waals surface area (Å²) in [6, 6.07) is 0. The third-order valence-electron chi connectivity index (χ3n) is 13.7. The average molecular weight is 956 g/mol. The second-order valence-corrected chi connectivity index (χ2v) is 20.6. The van der Waals surface area contributed by atoms with E-state index in [1.54, 1.807) is 0 Å². The Morgan fingerprint density at radius 3 is 0.897 bits per heavy atom. The normalized spacial score (nSPS) is 12.3. The highest BCUT2D eigenvalue weighted by atomic mass is 16.6. The van der Waals surface area contributed by atoms with Gasteiger partial charge in [-0.25, -0.2) is 0 Å². The first-order chi connectivity index (χ1) is 33.6. The molecule has 0 amide bonds. The van der Waals surface area contributed by atoms with E-state index >= 15 is 0 Å². The Labute approximate surface area is 425 Å². The predicted molar refractivity (Wildman–Crippen MR) is 298 cm³/mol. The largest absolute Gasteiger partial charge is 0.463 e. The number of allylic oxidation sites excluding steroid dienone is 6. The molecule has 0 saturated carbocycles. The quantitative estimate of drug-likeness (QED) is 0.0345. The smallest absolute Gasteiger partial charge is 0.305 e. The molecule has 0 aromatic rings. The van der Waals surface area contributed by atoms with Gasteiger partial charge in [-0.1, -0.05) is 295 Å². The van der Waals surface area contributed by atoms with E-state index in [0.717, 1.165) is 70.6 Å². The van der Waals surface area contributed by atoms with Gasteiger partial charge in [0, 0.05) is 19.4 Å². The van der Waals surface area contributed by atoms with Crippen LogP contribution in [0.15, 0.2) is 36.5 Å². The molecule has 0 aromatic carbocycles. The Bertz CT molecular complexity index is 1080. The summed E-state index contributed by atoms with van der Waals surface area (Å²) in [5.41, 5.74) is 0. The van der Waals surface area contributed by atoms with E-state index in [-0.39, 0.29) is 25.2 Å². The standard InChI is InChI=1S/C63H118O5/c1-4-7-10-13-16-19-22-25-28-31-32-34-36-39-42-45-48-51-54-57-63(65)68-60-61(66-58-55-52-49-46-43-40-37-30-27-24-21-18-15-12-9-6-3)59-67-62(64)56-53-50-47-44-41-38-35-33-29-26-23-20-17-14-11-8-5-2/h17,20,26,29,35,38,61H,4-16,18-19,21-25,27-28,30-34,36-37,39-60H2,1-3H3/b20-17-,29-26-,38-35-/t61-/m1/s1. The van der Waals surface area contributed by atoms with Crippen molar-refractivity contribution in [1.82, 2.24) is 0 Å². The van der Waals surface area contributed by atoms with Crippen LogP contribution in [0, 0.1) is 0 Å². The summed E-state index contributed by atoms with van der Waals surface area (Å²) < 4.78 is 17.5. The lowest BCUT2D eigenvalue weighted by Gasteiger charge is -2.18. The number of unbranched alkanes of at least 4 members (excludes halogenated alkanes) is 40. The van der Waals surface area contributed by atoms with E-state index in [1.807, 2.05) is 0 Å².